The first-order valence-corrected chi connectivity index (χ1v) is 11.4. The van der Waals surface area contributed by atoms with Gasteiger partial charge in [0, 0.05) is 11.0 Å². The third kappa shape index (κ3) is 6.20. The molecule has 0 N–H and O–H groups in total. The highest BCUT2D eigenvalue weighted by molar-refractivity contribution is 9.10. The summed E-state index contributed by atoms with van der Waals surface area (Å²) in [6.45, 7) is 10.9. The Hall–Kier alpha value is -1.61. The lowest BCUT2D eigenvalue weighted by molar-refractivity contribution is 0.0246. The van der Waals surface area contributed by atoms with Crippen molar-refractivity contribution in [3.05, 3.63) is 28.2 Å². The van der Waals surface area contributed by atoms with Crippen LogP contribution < -0.4 is 0 Å². The summed E-state index contributed by atoms with van der Waals surface area (Å²) >= 11 is 3.38. The smallest absolute Gasteiger partial charge is 0.442 e. The molecule has 1 atom stereocenters. The van der Waals surface area contributed by atoms with Crippen LogP contribution in [0.4, 0.5) is 9.59 Å². The summed E-state index contributed by atoms with van der Waals surface area (Å²) in [5.41, 5.74) is -0.735. The van der Waals surface area contributed by atoms with E-state index in [1.165, 1.54) is 4.90 Å². The van der Waals surface area contributed by atoms with E-state index >= 15 is 0 Å². The lowest BCUT2D eigenvalue weighted by Crippen LogP contribution is -2.37. The zero-order valence-electron chi connectivity index (χ0n) is 17.1. The molecule has 1 aliphatic heterocycles. The summed E-state index contributed by atoms with van der Waals surface area (Å²) in [7, 11) is -3.12. The fourth-order valence-corrected chi connectivity index (χ4v) is 5.08. The minimum absolute atomic E-state index is 0.00887. The molecule has 28 heavy (non-hydrogen) atoms. The summed E-state index contributed by atoms with van der Waals surface area (Å²) < 4.78 is 29.0. The predicted molar refractivity (Wildman–Crippen MR) is 111 cm³/mol. The normalized spacial score (nSPS) is 20.0. The zero-order valence-corrected chi connectivity index (χ0v) is 19.5. The summed E-state index contributed by atoms with van der Waals surface area (Å²) in [5.74, 6) is 0.00887. The molecule has 2 amide bonds. The number of nitrogens with zero attached hydrogens (tertiary/aromatic N) is 2. The number of hydrogen-bond acceptors (Lipinski definition) is 5. The highest BCUT2D eigenvalue weighted by atomic mass is 79.9. The Morgan fingerprint density at radius 2 is 1.71 bits per heavy atom. The van der Waals surface area contributed by atoms with Crippen LogP contribution >= 0.6 is 15.9 Å². The summed E-state index contributed by atoms with van der Waals surface area (Å²) in [6, 6.07) is 5.25. The van der Waals surface area contributed by atoms with Crippen LogP contribution in [0.3, 0.4) is 0 Å². The lowest BCUT2D eigenvalue weighted by Gasteiger charge is -2.26. The predicted octanol–water partition coefficient (Wildman–Crippen LogP) is 4.96. The molecule has 0 fully saturated rings. The van der Waals surface area contributed by atoms with Crippen molar-refractivity contribution < 1.29 is 23.3 Å². The van der Waals surface area contributed by atoms with E-state index in [1.54, 1.807) is 59.7 Å². The van der Waals surface area contributed by atoms with Crippen LogP contribution in [-0.2, 0) is 25.7 Å². The monoisotopic (exact) mass is 474 g/mol. The van der Waals surface area contributed by atoms with Gasteiger partial charge in [0.05, 0.1) is 26.9 Å². The molecule has 156 valence electrons. The molecule has 1 unspecified atom stereocenters. The second kappa shape index (κ2) is 8.02. The van der Waals surface area contributed by atoms with Crippen molar-refractivity contribution in [2.75, 3.05) is 12.3 Å². The van der Waals surface area contributed by atoms with Gasteiger partial charge in [0.1, 0.15) is 11.2 Å². The number of ether oxygens (including phenoxy) is 2. The number of carbonyl (C=O) groups excluding carboxylic acids is 2. The van der Waals surface area contributed by atoms with Crippen LogP contribution in [0, 0.1) is 0 Å². The van der Waals surface area contributed by atoms with Gasteiger partial charge in [-0.05, 0) is 59.2 Å². The van der Waals surface area contributed by atoms with Gasteiger partial charge in [0.15, 0.2) is 0 Å². The molecule has 1 aromatic rings. The van der Waals surface area contributed by atoms with Crippen LogP contribution in [0.5, 0.6) is 0 Å². The molecule has 9 heteroatoms. The largest absolute Gasteiger partial charge is 0.444 e. The van der Waals surface area contributed by atoms with E-state index in [0.717, 1.165) is 0 Å². The molecule has 2 rings (SSSR count). The molecule has 0 saturated heterocycles. The molecule has 7 nitrogen and oxygen atoms in total. The van der Waals surface area contributed by atoms with Crippen molar-refractivity contribution in [2.24, 2.45) is 4.36 Å². The maximum Gasteiger partial charge on any atom is 0.442 e. The van der Waals surface area contributed by atoms with Crippen molar-refractivity contribution in [3.63, 3.8) is 0 Å². The van der Waals surface area contributed by atoms with Crippen molar-refractivity contribution in [2.45, 2.75) is 64.2 Å². The van der Waals surface area contributed by atoms with Crippen LogP contribution in [0.15, 0.2) is 31.9 Å². The molecule has 0 aromatic heterocycles. The first-order valence-electron chi connectivity index (χ1n) is 8.93. The Morgan fingerprint density at radius 1 is 1.11 bits per heavy atom. The molecular weight excluding hydrogens is 448 g/mol. The quantitative estimate of drug-likeness (QED) is 0.530. The van der Waals surface area contributed by atoms with E-state index in [9.17, 15) is 13.8 Å². The maximum absolute atomic E-state index is 13.7. The standard InChI is InChI=1S/C19H27BrN2O5S/c1-18(2,3)26-16(23)21-28(25)10-9-22(17(24)27-19(4,5)6)12-13-7-8-14(20)11-15(13)28/h7-8,11H,9-10,12H2,1-6H3. The maximum atomic E-state index is 13.7. The molecule has 0 aliphatic carbocycles. The number of fused-ring (bicyclic) bond motifs is 1. The molecule has 0 spiro atoms. The summed E-state index contributed by atoms with van der Waals surface area (Å²) in [4.78, 5) is 26.7. The molecule has 1 heterocycles. The molecule has 0 radical (unpaired) electrons. The van der Waals surface area contributed by atoms with Gasteiger partial charge in [-0.3, -0.25) is 0 Å². The first-order chi connectivity index (χ1) is 12.7. The van der Waals surface area contributed by atoms with Gasteiger partial charge < -0.3 is 14.4 Å². The molecule has 0 saturated carbocycles. The fraction of sp³-hybridized carbons (Fsp3) is 0.579. The number of rotatable bonds is 0. The molecule has 1 aromatic carbocycles. The number of carbonyl (C=O) groups is 2. The van der Waals surface area contributed by atoms with Gasteiger partial charge in [0.2, 0.25) is 0 Å². The van der Waals surface area contributed by atoms with Gasteiger partial charge >= 0.3 is 12.2 Å². The molecular formula is C19H27BrN2O5S. The van der Waals surface area contributed by atoms with Gasteiger partial charge in [-0.25, -0.2) is 13.8 Å². The van der Waals surface area contributed by atoms with Crippen LogP contribution in [0.1, 0.15) is 47.1 Å². The van der Waals surface area contributed by atoms with Crippen molar-refractivity contribution in [3.8, 4) is 0 Å². The number of hydrogen-bond donors (Lipinski definition) is 0. The van der Waals surface area contributed by atoms with E-state index in [1.807, 2.05) is 0 Å². The molecule has 1 aliphatic rings. The number of benzene rings is 1. The Kier molecular flexibility index (Phi) is 6.50. The average molecular weight is 475 g/mol. The van der Waals surface area contributed by atoms with Crippen molar-refractivity contribution in [1.29, 1.82) is 0 Å². The van der Waals surface area contributed by atoms with Crippen molar-refractivity contribution in [1.82, 2.24) is 4.90 Å². The van der Waals surface area contributed by atoms with Gasteiger partial charge in [0.25, 0.3) is 0 Å². The third-order valence-corrected chi connectivity index (χ3v) is 6.38. The highest BCUT2D eigenvalue weighted by Gasteiger charge is 2.31. The average Bonchev–Trinajstić information content (AvgIpc) is 2.61. The molecule has 0 bridgehead atoms. The van der Waals surface area contributed by atoms with Gasteiger partial charge in [-0.1, -0.05) is 22.0 Å². The van der Waals surface area contributed by atoms with Crippen LogP contribution in [0.2, 0.25) is 0 Å². The topological polar surface area (TPSA) is 85.3 Å². The van der Waals surface area contributed by atoms with E-state index < -0.39 is 33.1 Å². The van der Waals surface area contributed by atoms with E-state index in [-0.39, 0.29) is 18.8 Å². The van der Waals surface area contributed by atoms with E-state index in [4.69, 9.17) is 9.47 Å². The Morgan fingerprint density at radius 3 is 2.29 bits per heavy atom. The third-order valence-electron chi connectivity index (χ3n) is 3.64. The van der Waals surface area contributed by atoms with Crippen molar-refractivity contribution >= 4 is 37.8 Å². The minimum atomic E-state index is -3.12. The Balaban J connectivity index is 2.46. The SMILES string of the molecule is CC(C)(C)OC(=O)N=S1(=O)CCN(C(=O)OC(C)(C)C)Cc2ccc(Br)cc21. The van der Waals surface area contributed by atoms with Crippen LogP contribution in [-0.4, -0.2) is 44.8 Å². The summed E-state index contributed by atoms with van der Waals surface area (Å²) in [6.07, 6.45) is -1.38. The second-order valence-corrected chi connectivity index (χ2v) is 11.8. The van der Waals surface area contributed by atoms with E-state index in [2.05, 4.69) is 20.3 Å². The van der Waals surface area contributed by atoms with E-state index in [0.29, 0.717) is 14.9 Å². The lowest BCUT2D eigenvalue weighted by atomic mass is 10.2. The fourth-order valence-electron chi connectivity index (χ4n) is 2.56. The number of halogens is 1. The number of amides is 2. The highest BCUT2D eigenvalue weighted by Crippen LogP contribution is 2.29. The van der Waals surface area contributed by atoms with Gasteiger partial charge in [-0.2, -0.15) is 0 Å². The zero-order chi connectivity index (χ0) is 21.3. The Labute approximate surface area is 175 Å². The van der Waals surface area contributed by atoms with Gasteiger partial charge in [-0.15, -0.1) is 4.36 Å². The minimum Gasteiger partial charge on any atom is -0.444 e. The van der Waals surface area contributed by atoms with Crippen LogP contribution in [0.25, 0.3) is 0 Å². The first kappa shape index (κ1) is 22.7. The summed E-state index contributed by atoms with van der Waals surface area (Å²) in [5, 5.41) is 0. The Bertz CT molecular complexity index is 893. The second-order valence-electron chi connectivity index (χ2n) is 8.57.